The van der Waals surface area contributed by atoms with Gasteiger partial charge in [-0.05, 0) is 23.8 Å². The van der Waals surface area contributed by atoms with Crippen LogP contribution in [0.2, 0.25) is 10.0 Å². The van der Waals surface area contributed by atoms with Crippen molar-refractivity contribution in [2.75, 3.05) is 5.32 Å². The van der Waals surface area contributed by atoms with Gasteiger partial charge in [0.15, 0.2) is 5.69 Å². The van der Waals surface area contributed by atoms with Crippen LogP contribution in [0.25, 0.3) is 0 Å². The maximum Gasteiger partial charge on any atom is 0.435 e. The quantitative estimate of drug-likeness (QED) is 0.240. The van der Waals surface area contributed by atoms with Gasteiger partial charge in [-0.2, -0.15) is 26.3 Å². The number of benzene rings is 2. The highest BCUT2D eigenvalue weighted by Crippen LogP contribution is 2.37. The first-order valence-electron chi connectivity index (χ1n) is 8.93. The third kappa shape index (κ3) is 5.25. The molecule has 1 aromatic heterocycles. The van der Waals surface area contributed by atoms with Crippen molar-refractivity contribution in [1.82, 2.24) is 9.55 Å². The number of alkyl halides is 6. The smallest absolute Gasteiger partial charge is 0.320 e. The lowest BCUT2D eigenvalue weighted by atomic mass is 10.1. The molecular weight excluding hydrogens is 517 g/mol. The van der Waals surface area contributed by atoms with Gasteiger partial charge in [0.05, 0.1) is 17.0 Å². The van der Waals surface area contributed by atoms with Gasteiger partial charge >= 0.3 is 12.4 Å². The van der Waals surface area contributed by atoms with Crippen LogP contribution in [0, 0.1) is 10.1 Å². The molecule has 0 atom stereocenters. The molecule has 0 aliphatic rings. The van der Waals surface area contributed by atoms with E-state index >= 15 is 0 Å². The number of nitrogens with one attached hydrogen (secondary N) is 1. The first kappa shape index (κ1) is 25.3. The molecular formula is C19H10Cl2F6N4O3. The highest BCUT2D eigenvalue weighted by atomic mass is 35.5. The number of anilines is 2. The molecule has 34 heavy (non-hydrogen) atoms. The van der Waals surface area contributed by atoms with Crippen LogP contribution in [0.3, 0.4) is 0 Å². The van der Waals surface area contributed by atoms with Crippen LogP contribution in [0.15, 0.2) is 47.3 Å². The first-order chi connectivity index (χ1) is 15.7. The third-order valence-electron chi connectivity index (χ3n) is 4.44. The molecule has 2 aromatic carbocycles. The van der Waals surface area contributed by atoms with Crippen LogP contribution in [-0.4, -0.2) is 14.5 Å². The Bertz CT molecular complexity index is 1320. The van der Waals surface area contributed by atoms with Gasteiger partial charge in [-0.25, -0.2) is 4.98 Å². The molecule has 15 heteroatoms. The SMILES string of the molecule is O=c1c(Cl)c(C(F)(F)F)nc(Nc2ccc(C(F)(F)F)cc2[N+](=O)[O-])n1Cc1ccccc1Cl. The summed E-state index contributed by atoms with van der Waals surface area (Å²) < 4.78 is 79.7. The number of hydrogen-bond donors (Lipinski definition) is 1. The van der Waals surface area contributed by atoms with Crippen LogP contribution < -0.4 is 10.9 Å². The van der Waals surface area contributed by atoms with E-state index < -0.39 is 63.0 Å². The molecule has 0 saturated heterocycles. The van der Waals surface area contributed by atoms with Crippen molar-refractivity contribution in [3.05, 3.63) is 89.8 Å². The second-order valence-electron chi connectivity index (χ2n) is 6.69. The summed E-state index contributed by atoms with van der Waals surface area (Å²) in [5.41, 5.74) is -6.01. The molecule has 180 valence electrons. The minimum atomic E-state index is -5.18. The lowest BCUT2D eigenvalue weighted by Crippen LogP contribution is -2.29. The van der Waals surface area contributed by atoms with E-state index in [-0.39, 0.29) is 16.7 Å². The third-order valence-corrected chi connectivity index (χ3v) is 5.15. The van der Waals surface area contributed by atoms with Crippen molar-refractivity contribution in [2.45, 2.75) is 18.9 Å². The van der Waals surface area contributed by atoms with E-state index in [2.05, 4.69) is 10.3 Å². The van der Waals surface area contributed by atoms with Gasteiger partial charge in [-0.1, -0.05) is 41.4 Å². The summed E-state index contributed by atoms with van der Waals surface area (Å²) in [7, 11) is 0. The molecule has 0 spiro atoms. The molecule has 7 nitrogen and oxygen atoms in total. The fourth-order valence-electron chi connectivity index (χ4n) is 2.84. The molecule has 0 aliphatic carbocycles. The highest BCUT2D eigenvalue weighted by Gasteiger charge is 2.38. The average Bonchev–Trinajstić information content (AvgIpc) is 2.73. The van der Waals surface area contributed by atoms with E-state index in [4.69, 9.17) is 23.2 Å². The largest absolute Gasteiger partial charge is 0.435 e. The maximum absolute atomic E-state index is 13.4. The zero-order valence-corrected chi connectivity index (χ0v) is 17.9. The highest BCUT2D eigenvalue weighted by molar-refractivity contribution is 6.31. The molecule has 0 aliphatic heterocycles. The predicted octanol–water partition coefficient (Wildman–Crippen LogP) is 6.29. The van der Waals surface area contributed by atoms with Crippen molar-refractivity contribution >= 4 is 40.5 Å². The van der Waals surface area contributed by atoms with Crippen molar-refractivity contribution in [3.63, 3.8) is 0 Å². The summed E-state index contributed by atoms with van der Waals surface area (Å²) in [5, 5.41) is 12.4. The zero-order valence-electron chi connectivity index (χ0n) is 16.3. The number of nitro benzene ring substituents is 1. The van der Waals surface area contributed by atoms with Crippen LogP contribution in [0.1, 0.15) is 16.8 Å². The predicted molar refractivity (Wildman–Crippen MR) is 110 cm³/mol. The van der Waals surface area contributed by atoms with E-state index in [0.717, 1.165) is 0 Å². The van der Waals surface area contributed by atoms with Crippen LogP contribution in [0.4, 0.5) is 43.7 Å². The van der Waals surface area contributed by atoms with E-state index in [0.29, 0.717) is 16.7 Å². The van der Waals surface area contributed by atoms with E-state index in [1.807, 2.05) is 0 Å². The summed E-state index contributed by atoms with van der Waals surface area (Å²) in [5.74, 6) is -0.857. The Morgan fingerprint density at radius 2 is 1.68 bits per heavy atom. The lowest BCUT2D eigenvalue weighted by molar-refractivity contribution is -0.384. The number of aromatic nitrogens is 2. The molecule has 1 heterocycles. The molecule has 1 N–H and O–H groups in total. The Labute approximate surface area is 195 Å². The molecule has 0 unspecified atom stereocenters. The van der Waals surface area contributed by atoms with Crippen molar-refractivity contribution in [2.24, 2.45) is 0 Å². The van der Waals surface area contributed by atoms with Gasteiger partial charge in [-0.15, -0.1) is 0 Å². The minimum absolute atomic E-state index is 0.136. The van der Waals surface area contributed by atoms with E-state index in [1.165, 1.54) is 18.2 Å². The van der Waals surface area contributed by atoms with Gasteiger partial charge in [0.2, 0.25) is 5.95 Å². The molecule has 3 rings (SSSR count). The Morgan fingerprint density at radius 3 is 2.24 bits per heavy atom. The van der Waals surface area contributed by atoms with E-state index in [1.54, 1.807) is 6.07 Å². The van der Waals surface area contributed by atoms with Crippen LogP contribution >= 0.6 is 23.2 Å². The fourth-order valence-corrected chi connectivity index (χ4v) is 3.29. The maximum atomic E-state index is 13.4. The summed E-state index contributed by atoms with van der Waals surface area (Å²) in [6.45, 7) is -0.458. The Hall–Kier alpha value is -3.32. The molecule has 0 fully saturated rings. The summed E-state index contributed by atoms with van der Waals surface area (Å²) in [4.78, 5) is 26.2. The molecule has 3 aromatic rings. The van der Waals surface area contributed by atoms with Gasteiger partial charge < -0.3 is 5.32 Å². The summed E-state index contributed by atoms with van der Waals surface area (Å²) >= 11 is 11.7. The number of nitrogens with zero attached hydrogens (tertiary/aromatic N) is 3. The van der Waals surface area contributed by atoms with Crippen molar-refractivity contribution < 1.29 is 31.3 Å². The molecule has 0 bridgehead atoms. The van der Waals surface area contributed by atoms with Crippen LogP contribution in [0.5, 0.6) is 0 Å². The molecule has 0 radical (unpaired) electrons. The average molecular weight is 527 g/mol. The molecule has 0 saturated carbocycles. The first-order valence-corrected chi connectivity index (χ1v) is 9.69. The Morgan fingerprint density at radius 1 is 1.03 bits per heavy atom. The Balaban J connectivity index is 2.22. The van der Waals surface area contributed by atoms with Crippen molar-refractivity contribution in [3.8, 4) is 0 Å². The minimum Gasteiger partial charge on any atom is -0.320 e. The lowest BCUT2D eigenvalue weighted by Gasteiger charge is -2.18. The van der Waals surface area contributed by atoms with Crippen LogP contribution in [-0.2, 0) is 18.9 Å². The van der Waals surface area contributed by atoms with E-state index in [9.17, 15) is 41.3 Å². The standard InChI is InChI=1S/C19H10Cl2F6N4O3/c20-11-4-2-1-3-9(11)8-30-16(32)14(21)15(19(25,26)27)29-17(30)28-12-6-5-10(18(22,23)24)7-13(12)31(33)34/h1-7H,8H2,(H,28,29). The van der Waals surface area contributed by atoms with Gasteiger partial charge in [0.25, 0.3) is 11.2 Å². The number of halogens is 8. The topological polar surface area (TPSA) is 90.1 Å². The fraction of sp³-hybridized carbons (Fsp3) is 0.158. The second kappa shape index (κ2) is 9.14. The number of rotatable bonds is 5. The zero-order chi connectivity index (χ0) is 25.4. The monoisotopic (exact) mass is 526 g/mol. The normalized spacial score (nSPS) is 12.0. The summed E-state index contributed by atoms with van der Waals surface area (Å²) in [6, 6.07) is 7.27. The Kier molecular flexibility index (Phi) is 6.80. The summed E-state index contributed by atoms with van der Waals surface area (Å²) in [6.07, 6.45) is -10.1. The van der Waals surface area contributed by atoms with Crippen molar-refractivity contribution in [1.29, 1.82) is 0 Å². The number of nitro groups is 1. The second-order valence-corrected chi connectivity index (χ2v) is 7.48. The van der Waals surface area contributed by atoms with Gasteiger partial charge in [0.1, 0.15) is 10.7 Å². The molecule has 0 amide bonds. The van der Waals surface area contributed by atoms with Gasteiger partial charge in [-0.3, -0.25) is 19.5 Å². The number of hydrogen-bond acceptors (Lipinski definition) is 5. The van der Waals surface area contributed by atoms with Gasteiger partial charge in [0, 0.05) is 11.1 Å².